The number of nitrogens with two attached hydrogens (primary N) is 1. The van der Waals surface area contributed by atoms with Crippen LogP contribution in [0.5, 0.6) is 0 Å². The zero-order valence-electron chi connectivity index (χ0n) is 8.62. The fourth-order valence-electron chi connectivity index (χ4n) is 1.91. The Morgan fingerprint density at radius 2 is 1.88 bits per heavy atom. The van der Waals surface area contributed by atoms with Gasteiger partial charge in [0.1, 0.15) is 0 Å². The van der Waals surface area contributed by atoms with E-state index in [0.717, 1.165) is 27.8 Å². The molecule has 3 nitrogen and oxygen atoms in total. The van der Waals surface area contributed by atoms with Crippen LogP contribution >= 0.6 is 0 Å². The summed E-state index contributed by atoms with van der Waals surface area (Å²) in [6.45, 7) is 0. The van der Waals surface area contributed by atoms with Crippen molar-refractivity contribution in [2.24, 2.45) is 0 Å². The lowest BCUT2D eigenvalue weighted by Gasteiger charge is -2.08. The standard InChI is InChI=1S/C13H11N3/c14-10-3-1-8-5-9-2-4-11(15)7-13(9)16-12(8)6-10/h1-7,14,16H,15H2. The van der Waals surface area contributed by atoms with Gasteiger partial charge >= 0.3 is 0 Å². The van der Waals surface area contributed by atoms with Gasteiger partial charge in [-0.25, -0.2) is 0 Å². The third-order valence-corrected chi connectivity index (χ3v) is 2.71. The molecular formula is C13H11N3. The maximum absolute atomic E-state index is 7.58. The van der Waals surface area contributed by atoms with Crippen molar-refractivity contribution in [2.45, 2.75) is 0 Å². The van der Waals surface area contributed by atoms with Crippen LogP contribution in [-0.4, -0.2) is 4.98 Å². The second-order valence-corrected chi connectivity index (χ2v) is 3.92. The average molecular weight is 209 g/mol. The van der Waals surface area contributed by atoms with Crippen molar-refractivity contribution in [3.05, 3.63) is 47.8 Å². The number of rotatable bonds is 0. The van der Waals surface area contributed by atoms with Crippen molar-refractivity contribution in [2.75, 3.05) is 5.73 Å². The lowest BCUT2D eigenvalue weighted by atomic mass is 10.1. The molecule has 0 radical (unpaired) electrons. The van der Waals surface area contributed by atoms with Crippen LogP contribution in [-0.2, 0) is 0 Å². The predicted molar refractivity (Wildman–Crippen MR) is 65.2 cm³/mol. The highest BCUT2D eigenvalue weighted by atomic mass is 14.7. The number of pyridine rings is 1. The predicted octanol–water partition coefficient (Wildman–Crippen LogP) is 2.33. The molecule has 0 unspecified atom stereocenters. The average Bonchev–Trinajstić information content (AvgIpc) is 2.26. The minimum absolute atomic E-state index is 0.506. The van der Waals surface area contributed by atoms with E-state index in [1.165, 1.54) is 0 Å². The number of nitrogen functional groups attached to an aromatic ring is 1. The topological polar surface area (TPSA) is 65.7 Å². The van der Waals surface area contributed by atoms with Crippen molar-refractivity contribution in [3.63, 3.8) is 0 Å². The number of nitrogens with one attached hydrogen (secondary N) is 2. The molecule has 0 fully saturated rings. The Balaban J connectivity index is 2.46. The van der Waals surface area contributed by atoms with Gasteiger partial charge in [-0.15, -0.1) is 0 Å². The minimum atomic E-state index is 0.506. The molecule has 0 atom stereocenters. The fraction of sp³-hybridized carbons (Fsp3) is 0. The summed E-state index contributed by atoms with van der Waals surface area (Å²) in [5, 5.41) is 9.21. The number of fused-ring (bicyclic) bond motifs is 2. The van der Waals surface area contributed by atoms with Gasteiger partial charge in [0, 0.05) is 16.9 Å². The van der Waals surface area contributed by atoms with E-state index in [1.54, 1.807) is 6.07 Å². The summed E-state index contributed by atoms with van der Waals surface area (Å²) >= 11 is 0. The summed E-state index contributed by atoms with van der Waals surface area (Å²) in [4.78, 5) is 3.29. The van der Waals surface area contributed by atoms with Gasteiger partial charge < -0.3 is 16.1 Å². The number of anilines is 1. The van der Waals surface area contributed by atoms with E-state index in [0.29, 0.717) is 5.36 Å². The molecule has 0 amide bonds. The number of aromatic amines is 1. The molecular weight excluding hydrogens is 198 g/mol. The summed E-state index contributed by atoms with van der Waals surface area (Å²) in [5.41, 5.74) is 9.55. The largest absolute Gasteiger partial charge is 0.399 e. The molecule has 1 heterocycles. The SMILES string of the molecule is N=c1ccc2cc3ccc(N)cc3[nH]c-2c1. The zero-order chi connectivity index (χ0) is 11.1. The quantitative estimate of drug-likeness (QED) is 0.386. The third kappa shape index (κ3) is 1.34. The zero-order valence-corrected chi connectivity index (χ0v) is 8.62. The Labute approximate surface area is 92.4 Å². The highest BCUT2D eigenvalue weighted by molar-refractivity contribution is 5.87. The van der Waals surface area contributed by atoms with Crippen LogP contribution in [0, 0.1) is 5.41 Å². The minimum Gasteiger partial charge on any atom is -0.399 e. The van der Waals surface area contributed by atoms with Gasteiger partial charge in [0.05, 0.1) is 5.36 Å². The molecule has 78 valence electrons. The third-order valence-electron chi connectivity index (χ3n) is 2.71. The Bertz CT molecular complexity index is 697. The molecule has 3 heteroatoms. The van der Waals surface area contributed by atoms with E-state index in [4.69, 9.17) is 11.1 Å². The van der Waals surface area contributed by atoms with Crippen molar-refractivity contribution in [3.8, 4) is 11.3 Å². The molecule has 1 aliphatic heterocycles. The first kappa shape index (κ1) is 8.97. The highest BCUT2D eigenvalue weighted by Crippen LogP contribution is 2.24. The van der Waals surface area contributed by atoms with Crippen LogP contribution < -0.4 is 11.1 Å². The molecule has 1 aromatic carbocycles. The Hall–Kier alpha value is -2.29. The number of benzene rings is 2. The Morgan fingerprint density at radius 1 is 1.00 bits per heavy atom. The van der Waals surface area contributed by atoms with Gasteiger partial charge in [0.25, 0.3) is 0 Å². The van der Waals surface area contributed by atoms with Crippen molar-refractivity contribution in [1.82, 2.24) is 4.98 Å². The van der Waals surface area contributed by atoms with Crippen molar-refractivity contribution >= 4 is 16.6 Å². The molecule has 16 heavy (non-hydrogen) atoms. The maximum Gasteiger partial charge on any atom is 0.0560 e. The molecule has 2 aliphatic rings. The summed E-state index contributed by atoms with van der Waals surface area (Å²) in [6, 6.07) is 13.4. The summed E-state index contributed by atoms with van der Waals surface area (Å²) in [5.74, 6) is 0. The van der Waals surface area contributed by atoms with E-state index in [-0.39, 0.29) is 0 Å². The van der Waals surface area contributed by atoms with Crippen LogP contribution in [0.4, 0.5) is 5.69 Å². The molecule has 1 aromatic rings. The maximum atomic E-state index is 7.58. The lowest BCUT2D eigenvalue weighted by molar-refractivity contribution is 1.25. The van der Waals surface area contributed by atoms with Gasteiger partial charge in [-0.1, -0.05) is 12.1 Å². The van der Waals surface area contributed by atoms with Gasteiger partial charge in [0.15, 0.2) is 0 Å². The van der Waals surface area contributed by atoms with E-state index in [1.807, 2.05) is 30.3 Å². The molecule has 0 spiro atoms. The normalized spacial score (nSPS) is 11.0. The second-order valence-electron chi connectivity index (χ2n) is 3.92. The molecule has 3 rings (SSSR count). The molecule has 1 aliphatic carbocycles. The molecule has 0 bridgehead atoms. The number of aromatic nitrogens is 1. The van der Waals surface area contributed by atoms with Gasteiger partial charge in [0.2, 0.25) is 0 Å². The van der Waals surface area contributed by atoms with E-state index >= 15 is 0 Å². The van der Waals surface area contributed by atoms with E-state index < -0.39 is 0 Å². The molecule has 0 saturated heterocycles. The van der Waals surface area contributed by atoms with Crippen molar-refractivity contribution in [1.29, 1.82) is 5.41 Å². The number of hydrogen-bond donors (Lipinski definition) is 3. The van der Waals surface area contributed by atoms with Crippen LogP contribution in [0.15, 0.2) is 42.5 Å². The molecule has 0 aromatic heterocycles. The van der Waals surface area contributed by atoms with Gasteiger partial charge in [-0.2, -0.15) is 0 Å². The number of hydrogen-bond acceptors (Lipinski definition) is 2. The first-order chi connectivity index (χ1) is 7.72. The summed E-state index contributed by atoms with van der Waals surface area (Å²) in [6.07, 6.45) is 0. The van der Waals surface area contributed by atoms with Gasteiger partial charge in [-0.05, 0) is 41.3 Å². The highest BCUT2D eigenvalue weighted by Gasteiger charge is 2.03. The van der Waals surface area contributed by atoms with Crippen LogP contribution in [0.2, 0.25) is 0 Å². The summed E-state index contributed by atoms with van der Waals surface area (Å²) < 4.78 is 0. The lowest BCUT2D eigenvalue weighted by Crippen LogP contribution is -2.00. The summed E-state index contributed by atoms with van der Waals surface area (Å²) in [7, 11) is 0. The Morgan fingerprint density at radius 3 is 2.75 bits per heavy atom. The number of H-pyrrole nitrogens is 1. The Kier molecular flexibility index (Phi) is 1.74. The smallest absolute Gasteiger partial charge is 0.0560 e. The van der Waals surface area contributed by atoms with Crippen LogP contribution in [0.25, 0.3) is 22.2 Å². The van der Waals surface area contributed by atoms with Gasteiger partial charge in [-0.3, -0.25) is 0 Å². The fourth-order valence-corrected chi connectivity index (χ4v) is 1.91. The van der Waals surface area contributed by atoms with Crippen molar-refractivity contribution < 1.29 is 0 Å². The first-order valence-electron chi connectivity index (χ1n) is 5.09. The second kappa shape index (κ2) is 3.10. The van der Waals surface area contributed by atoms with E-state index in [2.05, 4.69) is 11.1 Å². The molecule has 4 N–H and O–H groups in total. The van der Waals surface area contributed by atoms with Crippen LogP contribution in [0.3, 0.4) is 0 Å². The van der Waals surface area contributed by atoms with E-state index in [9.17, 15) is 0 Å². The molecule has 0 saturated carbocycles. The van der Waals surface area contributed by atoms with Crippen LogP contribution in [0.1, 0.15) is 0 Å². The first-order valence-corrected chi connectivity index (χ1v) is 5.09. The monoisotopic (exact) mass is 209 g/mol.